The molecule has 1 N–H and O–H groups in total. The van der Waals surface area contributed by atoms with Crippen LogP contribution >= 0.6 is 0 Å². The molecule has 0 aliphatic carbocycles. The minimum absolute atomic E-state index is 0.131. The molecular weight excluding hydrogens is 356 g/mol. The maximum atomic E-state index is 12.8. The molecule has 1 aliphatic rings. The second-order valence-corrected chi connectivity index (χ2v) is 6.58. The van der Waals surface area contributed by atoms with Crippen molar-refractivity contribution in [3.63, 3.8) is 0 Å². The number of aryl methyl sites for hydroxylation is 1. The summed E-state index contributed by atoms with van der Waals surface area (Å²) in [5.41, 5.74) is 3.44. The highest BCUT2D eigenvalue weighted by Crippen LogP contribution is 2.18. The molecule has 0 atom stereocenters. The third-order valence-corrected chi connectivity index (χ3v) is 4.72. The Bertz CT molecular complexity index is 815. The predicted molar refractivity (Wildman–Crippen MR) is 108 cm³/mol. The molecule has 0 unspecified atom stereocenters. The van der Waals surface area contributed by atoms with E-state index in [0.717, 1.165) is 17.8 Å². The van der Waals surface area contributed by atoms with E-state index in [-0.39, 0.29) is 12.0 Å². The number of amides is 2. The van der Waals surface area contributed by atoms with Gasteiger partial charge in [-0.1, -0.05) is 19.1 Å². The van der Waals surface area contributed by atoms with Gasteiger partial charge in [-0.15, -0.1) is 0 Å². The number of carbonyl (C=O) groups is 2. The molecule has 1 aromatic carbocycles. The molecule has 0 saturated carbocycles. The summed E-state index contributed by atoms with van der Waals surface area (Å²) in [6.07, 6.45) is 2.30. The van der Waals surface area contributed by atoms with Gasteiger partial charge in [0.2, 0.25) is 0 Å². The van der Waals surface area contributed by atoms with Crippen molar-refractivity contribution in [1.82, 2.24) is 14.8 Å². The number of anilines is 2. The van der Waals surface area contributed by atoms with Gasteiger partial charge in [0.1, 0.15) is 5.69 Å². The Morgan fingerprint density at radius 2 is 1.68 bits per heavy atom. The molecule has 0 bridgehead atoms. The molecule has 28 heavy (non-hydrogen) atoms. The Balaban J connectivity index is 1.61. The van der Waals surface area contributed by atoms with Crippen molar-refractivity contribution in [2.75, 3.05) is 38.1 Å². The Labute approximate surface area is 165 Å². The standard InChI is InChI=1S/C21H26N4O3/c1-3-16-5-7-17(8-6-16)23-18-9-10-22-19(15-18)20(26)24-11-13-25(14-12-24)21(27)28-4-2/h5-10,15H,3-4,11-14H2,1-2H3,(H,22,23). The third-order valence-electron chi connectivity index (χ3n) is 4.72. The summed E-state index contributed by atoms with van der Waals surface area (Å²) in [4.78, 5) is 32.1. The van der Waals surface area contributed by atoms with Crippen LogP contribution in [0.1, 0.15) is 29.9 Å². The lowest BCUT2D eigenvalue weighted by Crippen LogP contribution is -2.50. The summed E-state index contributed by atoms with van der Waals surface area (Å²) < 4.78 is 5.01. The Morgan fingerprint density at radius 3 is 2.32 bits per heavy atom. The second kappa shape index (κ2) is 9.21. The van der Waals surface area contributed by atoms with E-state index in [1.165, 1.54) is 5.56 Å². The molecule has 0 spiro atoms. The van der Waals surface area contributed by atoms with Crippen LogP contribution in [0.25, 0.3) is 0 Å². The number of ether oxygens (including phenoxy) is 1. The largest absolute Gasteiger partial charge is 0.450 e. The van der Waals surface area contributed by atoms with Crippen LogP contribution in [-0.4, -0.2) is 59.6 Å². The van der Waals surface area contributed by atoms with Crippen molar-refractivity contribution in [3.8, 4) is 0 Å². The number of aromatic nitrogens is 1. The lowest BCUT2D eigenvalue weighted by atomic mass is 10.1. The lowest BCUT2D eigenvalue weighted by molar-refractivity contribution is 0.0566. The molecular formula is C21H26N4O3. The highest BCUT2D eigenvalue weighted by Gasteiger charge is 2.26. The van der Waals surface area contributed by atoms with Gasteiger partial charge in [-0.05, 0) is 43.2 Å². The molecule has 7 heteroatoms. The number of hydrogen-bond acceptors (Lipinski definition) is 5. The molecule has 1 aliphatic heterocycles. The fourth-order valence-corrected chi connectivity index (χ4v) is 3.08. The topological polar surface area (TPSA) is 74.8 Å². The Morgan fingerprint density at radius 1 is 1.00 bits per heavy atom. The van der Waals surface area contributed by atoms with Gasteiger partial charge < -0.3 is 19.9 Å². The fraction of sp³-hybridized carbons (Fsp3) is 0.381. The number of carbonyl (C=O) groups excluding carboxylic acids is 2. The first-order valence-electron chi connectivity index (χ1n) is 9.63. The van der Waals surface area contributed by atoms with Gasteiger partial charge in [-0.3, -0.25) is 9.78 Å². The molecule has 2 amide bonds. The molecule has 1 fully saturated rings. The van der Waals surface area contributed by atoms with Gasteiger partial charge in [0.15, 0.2) is 0 Å². The molecule has 1 aromatic heterocycles. The zero-order valence-corrected chi connectivity index (χ0v) is 16.4. The van der Waals surface area contributed by atoms with Gasteiger partial charge >= 0.3 is 6.09 Å². The fourth-order valence-electron chi connectivity index (χ4n) is 3.08. The minimum Gasteiger partial charge on any atom is -0.450 e. The third kappa shape index (κ3) is 4.79. The summed E-state index contributed by atoms with van der Waals surface area (Å²) in [7, 11) is 0. The van der Waals surface area contributed by atoms with Gasteiger partial charge in [-0.2, -0.15) is 0 Å². The number of piperazine rings is 1. The van der Waals surface area contributed by atoms with Crippen LogP contribution in [0.5, 0.6) is 0 Å². The number of hydrogen-bond donors (Lipinski definition) is 1. The number of rotatable bonds is 5. The summed E-state index contributed by atoms with van der Waals surface area (Å²) in [5.74, 6) is -0.131. The molecule has 148 valence electrons. The summed E-state index contributed by atoms with van der Waals surface area (Å²) in [6, 6.07) is 11.8. The normalized spacial score (nSPS) is 13.9. The minimum atomic E-state index is -0.326. The smallest absolute Gasteiger partial charge is 0.409 e. The average molecular weight is 382 g/mol. The van der Waals surface area contributed by atoms with Crippen LogP contribution in [0.2, 0.25) is 0 Å². The van der Waals surface area contributed by atoms with Crippen molar-refractivity contribution in [2.24, 2.45) is 0 Å². The monoisotopic (exact) mass is 382 g/mol. The molecule has 7 nitrogen and oxygen atoms in total. The molecule has 3 rings (SSSR count). The van der Waals surface area contributed by atoms with E-state index in [4.69, 9.17) is 4.74 Å². The van der Waals surface area contributed by atoms with E-state index in [9.17, 15) is 9.59 Å². The van der Waals surface area contributed by atoms with Crippen molar-refractivity contribution in [1.29, 1.82) is 0 Å². The Hall–Kier alpha value is -3.09. The summed E-state index contributed by atoms with van der Waals surface area (Å²) >= 11 is 0. The maximum absolute atomic E-state index is 12.8. The van der Waals surface area contributed by atoms with Gasteiger partial charge in [0.05, 0.1) is 6.61 Å². The van der Waals surface area contributed by atoms with Gasteiger partial charge in [0.25, 0.3) is 5.91 Å². The van der Waals surface area contributed by atoms with Crippen molar-refractivity contribution in [3.05, 3.63) is 53.9 Å². The SMILES string of the molecule is CCOC(=O)N1CCN(C(=O)c2cc(Nc3ccc(CC)cc3)ccn2)CC1. The summed E-state index contributed by atoms with van der Waals surface area (Å²) in [5, 5.41) is 3.31. The average Bonchev–Trinajstić information content (AvgIpc) is 2.74. The number of nitrogens with one attached hydrogen (secondary N) is 1. The van der Waals surface area contributed by atoms with Gasteiger partial charge in [0, 0.05) is 43.8 Å². The van der Waals surface area contributed by atoms with E-state index in [1.807, 2.05) is 18.2 Å². The Kier molecular flexibility index (Phi) is 6.47. The van der Waals surface area contributed by atoms with Crippen LogP contribution in [0, 0.1) is 0 Å². The number of nitrogens with zero attached hydrogens (tertiary/aromatic N) is 3. The first kappa shape index (κ1) is 19.7. The van der Waals surface area contributed by atoms with Gasteiger partial charge in [-0.25, -0.2) is 4.79 Å². The molecule has 0 radical (unpaired) electrons. The number of pyridine rings is 1. The van der Waals surface area contributed by atoms with Crippen LogP contribution in [0.15, 0.2) is 42.6 Å². The summed E-state index contributed by atoms with van der Waals surface area (Å²) in [6.45, 7) is 6.12. The van der Waals surface area contributed by atoms with Crippen LogP contribution in [0.4, 0.5) is 16.2 Å². The molecule has 2 aromatic rings. The van der Waals surface area contributed by atoms with Crippen LogP contribution in [0.3, 0.4) is 0 Å². The van der Waals surface area contributed by atoms with E-state index in [0.29, 0.717) is 38.5 Å². The van der Waals surface area contributed by atoms with Crippen molar-refractivity contribution in [2.45, 2.75) is 20.3 Å². The zero-order valence-electron chi connectivity index (χ0n) is 16.4. The van der Waals surface area contributed by atoms with Crippen LogP contribution in [-0.2, 0) is 11.2 Å². The highest BCUT2D eigenvalue weighted by atomic mass is 16.6. The maximum Gasteiger partial charge on any atom is 0.409 e. The van der Waals surface area contributed by atoms with Crippen molar-refractivity contribution < 1.29 is 14.3 Å². The predicted octanol–water partition coefficient (Wildman–Crippen LogP) is 3.30. The lowest BCUT2D eigenvalue weighted by Gasteiger charge is -2.33. The highest BCUT2D eigenvalue weighted by molar-refractivity contribution is 5.93. The van der Waals surface area contributed by atoms with E-state index < -0.39 is 0 Å². The van der Waals surface area contributed by atoms with Crippen molar-refractivity contribution >= 4 is 23.4 Å². The second-order valence-electron chi connectivity index (χ2n) is 6.58. The zero-order chi connectivity index (χ0) is 19.9. The van der Waals surface area contributed by atoms with E-state index in [1.54, 1.807) is 29.0 Å². The molecule has 2 heterocycles. The first-order chi connectivity index (χ1) is 13.6. The quantitative estimate of drug-likeness (QED) is 0.859. The van der Waals surface area contributed by atoms with Crippen LogP contribution < -0.4 is 5.32 Å². The van der Waals surface area contributed by atoms with E-state index in [2.05, 4.69) is 29.4 Å². The van der Waals surface area contributed by atoms with E-state index >= 15 is 0 Å². The molecule has 1 saturated heterocycles. The number of benzene rings is 1. The first-order valence-corrected chi connectivity index (χ1v) is 9.63.